The second-order valence-electron chi connectivity index (χ2n) is 5.38. The van der Waals surface area contributed by atoms with Gasteiger partial charge in [-0.15, -0.1) is 0 Å². The summed E-state index contributed by atoms with van der Waals surface area (Å²) in [5.41, 5.74) is 2.68. The number of hydrogen-bond donors (Lipinski definition) is 1. The van der Waals surface area contributed by atoms with Gasteiger partial charge < -0.3 is 10.1 Å². The highest BCUT2D eigenvalue weighted by molar-refractivity contribution is 5.55. The maximum Gasteiger partial charge on any atom is 0.151 e. The summed E-state index contributed by atoms with van der Waals surface area (Å²) in [6.07, 6.45) is 2.89. The molecular weight excluding hydrogens is 260 g/mol. The van der Waals surface area contributed by atoms with Crippen LogP contribution in [0.15, 0.2) is 48.5 Å². The molecule has 1 unspecified atom stereocenters. The summed E-state index contributed by atoms with van der Waals surface area (Å²) in [6.45, 7) is 0. The molecule has 1 N–H and O–H groups in total. The fourth-order valence-corrected chi connectivity index (χ4v) is 3.03. The Balaban J connectivity index is 1.96. The van der Waals surface area contributed by atoms with Crippen molar-refractivity contribution >= 4 is 5.69 Å². The molecule has 0 saturated heterocycles. The predicted molar refractivity (Wildman–Crippen MR) is 83.3 cm³/mol. The van der Waals surface area contributed by atoms with E-state index in [2.05, 4.69) is 23.5 Å². The summed E-state index contributed by atoms with van der Waals surface area (Å²) in [5.74, 6) is 0.815. The third-order valence-electron chi connectivity index (χ3n) is 4.11. The molecule has 2 aromatic rings. The number of benzene rings is 2. The van der Waals surface area contributed by atoms with Crippen molar-refractivity contribution in [3.05, 3.63) is 59.7 Å². The third kappa shape index (κ3) is 2.45. The lowest BCUT2D eigenvalue weighted by atomic mass is 9.77. The van der Waals surface area contributed by atoms with E-state index < -0.39 is 5.54 Å². The van der Waals surface area contributed by atoms with E-state index in [0.717, 1.165) is 36.3 Å². The molecule has 0 fully saturated rings. The molecule has 0 amide bonds. The van der Waals surface area contributed by atoms with Gasteiger partial charge in [0.2, 0.25) is 0 Å². The van der Waals surface area contributed by atoms with E-state index in [4.69, 9.17) is 4.74 Å². The number of anilines is 1. The molecule has 0 aromatic heterocycles. The van der Waals surface area contributed by atoms with Gasteiger partial charge >= 0.3 is 0 Å². The van der Waals surface area contributed by atoms with Crippen LogP contribution in [0.4, 0.5) is 5.69 Å². The van der Waals surface area contributed by atoms with E-state index in [9.17, 15) is 5.26 Å². The number of nitriles is 1. The molecule has 3 heteroatoms. The van der Waals surface area contributed by atoms with Crippen molar-refractivity contribution in [3.63, 3.8) is 0 Å². The average Bonchev–Trinajstić information content (AvgIpc) is 2.56. The highest BCUT2D eigenvalue weighted by atomic mass is 16.5. The zero-order chi connectivity index (χ0) is 14.7. The van der Waals surface area contributed by atoms with Crippen molar-refractivity contribution in [2.24, 2.45) is 0 Å². The van der Waals surface area contributed by atoms with Gasteiger partial charge in [0.05, 0.1) is 13.2 Å². The predicted octanol–water partition coefficient (Wildman–Crippen LogP) is 3.86. The van der Waals surface area contributed by atoms with Gasteiger partial charge in [-0.25, -0.2) is 0 Å². The van der Waals surface area contributed by atoms with Crippen LogP contribution in [0.1, 0.15) is 24.0 Å². The van der Waals surface area contributed by atoms with Gasteiger partial charge in [0.1, 0.15) is 5.75 Å². The number of ether oxygens (including phenoxy) is 1. The Morgan fingerprint density at radius 2 is 1.90 bits per heavy atom. The van der Waals surface area contributed by atoms with Gasteiger partial charge in [-0.1, -0.05) is 24.3 Å². The topological polar surface area (TPSA) is 45.0 Å². The van der Waals surface area contributed by atoms with E-state index in [1.165, 1.54) is 5.56 Å². The lowest BCUT2D eigenvalue weighted by molar-refractivity contribution is 0.415. The lowest BCUT2D eigenvalue weighted by Crippen LogP contribution is -2.37. The summed E-state index contributed by atoms with van der Waals surface area (Å²) in [5, 5.41) is 13.2. The Kier molecular flexibility index (Phi) is 3.53. The van der Waals surface area contributed by atoms with E-state index in [1.54, 1.807) is 7.11 Å². The highest BCUT2D eigenvalue weighted by Crippen LogP contribution is 2.37. The third-order valence-corrected chi connectivity index (χ3v) is 4.11. The summed E-state index contributed by atoms with van der Waals surface area (Å²) in [4.78, 5) is 0. The van der Waals surface area contributed by atoms with Gasteiger partial charge in [-0.2, -0.15) is 5.26 Å². The van der Waals surface area contributed by atoms with Crippen LogP contribution in [0.5, 0.6) is 5.75 Å². The highest BCUT2D eigenvalue weighted by Gasteiger charge is 2.36. The largest absolute Gasteiger partial charge is 0.497 e. The van der Waals surface area contributed by atoms with Crippen molar-refractivity contribution < 1.29 is 4.74 Å². The Morgan fingerprint density at radius 1 is 1.14 bits per heavy atom. The smallest absolute Gasteiger partial charge is 0.151 e. The standard InChI is InChI=1S/C18H18N2O/c1-21-16-10-8-15(9-11-16)20-18(13-19)12-4-6-14-5-2-3-7-17(14)18/h2-3,5,7-11,20H,4,6,12H2,1H3. The number of nitrogens with one attached hydrogen (secondary N) is 1. The first-order valence-corrected chi connectivity index (χ1v) is 7.19. The van der Waals surface area contributed by atoms with Crippen LogP contribution in [0.2, 0.25) is 0 Å². The fourth-order valence-electron chi connectivity index (χ4n) is 3.03. The summed E-state index contributed by atoms with van der Waals surface area (Å²) in [7, 11) is 1.65. The molecule has 106 valence electrons. The molecule has 1 aliphatic carbocycles. The first kappa shape index (κ1) is 13.5. The molecular formula is C18H18N2O. The Bertz CT molecular complexity index is 672. The molecule has 0 heterocycles. The number of nitrogens with zero attached hydrogens (tertiary/aromatic N) is 1. The fraction of sp³-hybridized carbons (Fsp3) is 0.278. The van der Waals surface area contributed by atoms with Crippen LogP contribution in [0, 0.1) is 11.3 Å². The van der Waals surface area contributed by atoms with Crippen LogP contribution < -0.4 is 10.1 Å². The number of fused-ring (bicyclic) bond motifs is 1. The Morgan fingerprint density at radius 3 is 2.62 bits per heavy atom. The Hall–Kier alpha value is -2.47. The first-order valence-electron chi connectivity index (χ1n) is 7.19. The van der Waals surface area contributed by atoms with E-state index in [1.807, 2.05) is 36.4 Å². The maximum absolute atomic E-state index is 9.81. The van der Waals surface area contributed by atoms with Crippen molar-refractivity contribution in [2.45, 2.75) is 24.8 Å². The molecule has 1 aliphatic rings. The van der Waals surface area contributed by atoms with Crippen molar-refractivity contribution in [3.8, 4) is 11.8 Å². The summed E-state index contributed by atoms with van der Waals surface area (Å²) < 4.78 is 5.17. The normalized spacial score (nSPS) is 20.2. The summed E-state index contributed by atoms with van der Waals surface area (Å²) in [6, 6.07) is 18.5. The van der Waals surface area contributed by atoms with Crippen molar-refractivity contribution in [2.75, 3.05) is 12.4 Å². The molecule has 0 saturated carbocycles. The second-order valence-corrected chi connectivity index (χ2v) is 5.38. The number of rotatable bonds is 3. The molecule has 3 nitrogen and oxygen atoms in total. The quantitative estimate of drug-likeness (QED) is 0.927. The van der Waals surface area contributed by atoms with Crippen LogP contribution in [0.25, 0.3) is 0 Å². The van der Waals surface area contributed by atoms with Crippen LogP contribution in [-0.2, 0) is 12.0 Å². The SMILES string of the molecule is COc1ccc(NC2(C#N)CCCc3ccccc32)cc1. The molecule has 0 spiro atoms. The zero-order valence-corrected chi connectivity index (χ0v) is 12.1. The average molecular weight is 278 g/mol. The van der Waals surface area contributed by atoms with Crippen LogP contribution in [-0.4, -0.2) is 7.11 Å². The molecule has 0 aliphatic heterocycles. The minimum atomic E-state index is -0.635. The van der Waals surface area contributed by atoms with E-state index >= 15 is 0 Å². The van der Waals surface area contributed by atoms with Gasteiger partial charge in [-0.05, 0) is 54.7 Å². The molecule has 1 atom stereocenters. The monoisotopic (exact) mass is 278 g/mol. The van der Waals surface area contributed by atoms with E-state index in [0.29, 0.717) is 0 Å². The number of aryl methyl sites for hydroxylation is 1. The van der Waals surface area contributed by atoms with Crippen LogP contribution in [0.3, 0.4) is 0 Å². The van der Waals surface area contributed by atoms with Crippen molar-refractivity contribution in [1.82, 2.24) is 0 Å². The maximum atomic E-state index is 9.81. The Labute approximate surface area is 125 Å². The molecule has 0 bridgehead atoms. The van der Waals surface area contributed by atoms with Gasteiger partial charge in [0.15, 0.2) is 5.54 Å². The van der Waals surface area contributed by atoms with Crippen molar-refractivity contribution in [1.29, 1.82) is 5.26 Å². The summed E-state index contributed by atoms with van der Waals surface area (Å²) >= 11 is 0. The minimum Gasteiger partial charge on any atom is -0.497 e. The van der Waals surface area contributed by atoms with Gasteiger partial charge in [0.25, 0.3) is 0 Å². The van der Waals surface area contributed by atoms with E-state index in [-0.39, 0.29) is 0 Å². The molecule has 3 rings (SSSR count). The molecule has 2 aromatic carbocycles. The number of hydrogen-bond acceptors (Lipinski definition) is 3. The van der Waals surface area contributed by atoms with Crippen LogP contribution >= 0.6 is 0 Å². The minimum absolute atomic E-state index is 0.635. The zero-order valence-electron chi connectivity index (χ0n) is 12.1. The van der Waals surface area contributed by atoms with Gasteiger partial charge in [0, 0.05) is 5.69 Å². The lowest BCUT2D eigenvalue weighted by Gasteiger charge is -2.35. The molecule has 0 radical (unpaired) electrons. The van der Waals surface area contributed by atoms with Gasteiger partial charge in [-0.3, -0.25) is 0 Å². The number of methoxy groups -OCH3 is 1. The first-order chi connectivity index (χ1) is 10.3. The molecule has 21 heavy (non-hydrogen) atoms. The second kappa shape index (κ2) is 5.49.